The Morgan fingerprint density at radius 1 is 1.39 bits per heavy atom. The van der Waals surface area contributed by atoms with E-state index in [1.54, 1.807) is 11.0 Å². The van der Waals surface area contributed by atoms with E-state index in [4.69, 9.17) is 0 Å². The number of hydrogen-bond donors (Lipinski definition) is 2. The van der Waals surface area contributed by atoms with Crippen LogP contribution < -0.4 is 5.32 Å². The summed E-state index contributed by atoms with van der Waals surface area (Å²) < 4.78 is 1.63. The van der Waals surface area contributed by atoms with E-state index in [0.717, 1.165) is 32.1 Å². The van der Waals surface area contributed by atoms with E-state index >= 15 is 0 Å². The largest absolute Gasteiger partial charge is 0.391 e. The van der Waals surface area contributed by atoms with Crippen LogP contribution in [0.3, 0.4) is 0 Å². The highest BCUT2D eigenvalue weighted by molar-refractivity contribution is 5.76. The number of aliphatic hydroxyl groups excluding tert-OH is 1. The third-order valence-corrected chi connectivity index (χ3v) is 3.36. The minimum atomic E-state index is -0.400. The van der Waals surface area contributed by atoms with Crippen LogP contribution in [-0.2, 0) is 11.3 Å². The van der Waals surface area contributed by atoms with Gasteiger partial charge in [0.1, 0.15) is 12.7 Å². The Labute approximate surface area is 106 Å². The molecule has 1 aliphatic rings. The van der Waals surface area contributed by atoms with Gasteiger partial charge in [-0.2, -0.15) is 5.10 Å². The van der Waals surface area contributed by atoms with Gasteiger partial charge in [0.15, 0.2) is 0 Å². The van der Waals surface area contributed by atoms with Gasteiger partial charge in [0.25, 0.3) is 0 Å². The Bertz CT molecular complexity index is 366. The maximum Gasteiger partial charge on any atom is 0.222 e. The molecule has 1 saturated carbocycles. The number of hydrogen-bond acceptors (Lipinski definition) is 4. The Balaban J connectivity index is 1.75. The number of carbonyl (C=O) groups excluding carboxylic acids is 1. The maximum absolute atomic E-state index is 11.8. The van der Waals surface area contributed by atoms with Crippen molar-refractivity contribution < 1.29 is 9.90 Å². The van der Waals surface area contributed by atoms with Gasteiger partial charge in [-0.3, -0.25) is 9.48 Å². The van der Waals surface area contributed by atoms with Crippen LogP contribution in [0.1, 0.15) is 38.5 Å². The van der Waals surface area contributed by atoms with E-state index in [-0.39, 0.29) is 11.9 Å². The third kappa shape index (κ3) is 3.80. The van der Waals surface area contributed by atoms with Crippen LogP contribution in [-0.4, -0.2) is 37.9 Å². The number of nitrogens with one attached hydrogen (secondary N) is 1. The summed E-state index contributed by atoms with van der Waals surface area (Å²) in [6.07, 6.45) is 7.93. The Kier molecular flexibility index (Phi) is 4.69. The molecule has 2 unspecified atom stereocenters. The fourth-order valence-electron chi connectivity index (χ4n) is 2.30. The summed E-state index contributed by atoms with van der Waals surface area (Å²) in [6, 6.07) is -0.0873. The Morgan fingerprint density at radius 3 is 3.00 bits per heavy atom. The van der Waals surface area contributed by atoms with Gasteiger partial charge >= 0.3 is 0 Å². The molecule has 100 valence electrons. The highest BCUT2D eigenvalue weighted by Crippen LogP contribution is 2.18. The lowest BCUT2D eigenvalue weighted by molar-refractivity contribution is -0.123. The molecule has 0 aromatic carbocycles. The predicted molar refractivity (Wildman–Crippen MR) is 65.7 cm³/mol. The van der Waals surface area contributed by atoms with E-state index in [9.17, 15) is 9.90 Å². The van der Waals surface area contributed by atoms with E-state index in [2.05, 4.69) is 15.4 Å². The first-order valence-electron chi connectivity index (χ1n) is 6.55. The first kappa shape index (κ1) is 13.0. The van der Waals surface area contributed by atoms with Gasteiger partial charge in [-0.15, -0.1) is 0 Å². The molecule has 0 bridgehead atoms. The summed E-state index contributed by atoms with van der Waals surface area (Å²) in [5.41, 5.74) is 0. The molecule has 0 radical (unpaired) electrons. The van der Waals surface area contributed by atoms with Crippen LogP contribution in [0, 0.1) is 0 Å². The number of amides is 1. The number of nitrogens with zero attached hydrogens (tertiary/aromatic N) is 3. The molecular formula is C12H20N4O2. The molecular weight excluding hydrogens is 232 g/mol. The molecule has 6 nitrogen and oxygen atoms in total. The predicted octanol–water partition coefficient (Wildman–Crippen LogP) is 0.478. The highest BCUT2D eigenvalue weighted by atomic mass is 16.3. The summed E-state index contributed by atoms with van der Waals surface area (Å²) >= 11 is 0. The lowest BCUT2D eigenvalue weighted by atomic mass is 10.1. The molecule has 0 aliphatic heterocycles. The van der Waals surface area contributed by atoms with Crippen molar-refractivity contribution in [3.05, 3.63) is 12.7 Å². The fraction of sp³-hybridized carbons (Fsp3) is 0.750. The van der Waals surface area contributed by atoms with Crippen molar-refractivity contribution in [2.45, 2.75) is 57.2 Å². The van der Waals surface area contributed by atoms with Crippen LogP contribution >= 0.6 is 0 Å². The van der Waals surface area contributed by atoms with Crippen molar-refractivity contribution in [3.8, 4) is 0 Å². The molecule has 0 saturated heterocycles. The van der Waals surface area contributed by atoms with Crippen LogP contribution in [0.2, 0.25) is 0 Å². The molecule has 1 aromatic heterocycles. The third-order valence-electron chi connectivity index (χ3n) is 3.36. The van der Waals surface area contributed by atoms with E-state index in [1.807, 2.05) is 0 Å². The van der Waals surface area contributed by atoms with Crippen molar-refractivity contribution in [2.75, 3.05) is 0 Å². The normalized spacial score (nSPS) is 24.5. The number of aliphatic hydroxyl groups is 1. The van der Waals surface area contributed by atoms with Crippen LogP contribution in [0.4, 0.5) is 0 Å². The average Bonchev–Trinajstić information content (AvgIpc) is 2.80. The van der Waals surface area contributed by atoms with Crippen LogP contribution in [0.25, 0.3) is 0 Å². The monoisotopic (exact) mass is 252 g/mol. The van der Waals surface area contributed by atoms with Gasteiger partial charge in [0.05, 0.1) is 18.7 Å². The fourth-order valence-corrected chi connectivity index (χ4v) is 2.30. The van der Waals surface area contributed by atoms with E-state index < -0.39 is 6.10 Å². The number of rotatable bonds is 4. The second-order valence-electron chi connectivity index (χ2n) is 4.79. The summed E-state index contributed by atoms with van der Waals surface area (Å²) in [4.78, 5) is 15.6. The summed E-state index contributed by atoms with van der Waals surface area (Å²) in [5.74, 6) is -0.0311. The molecule has 2 atom stereocenters. The van der Waals surface area contributed by atoms with Gasteiger partial charge in [0, 0.05) is 6.42 Å². The zero-order chi connectivity index (χ0) is 12.8. The highest BCUT2D eigenvalue weighted by Gasteiger charge is 2.22. The second-order valence-corrected chi connectivity index (χ2v) is 4.79. The number of carbonyl (C=O) groups is 1. The van der Waals surface area contributed by atoms with E-state index in [1.165, 1.54) is 6.33 Å². The minimum Gasteiger partial charge on any atom is -0.391 e. The molecule has 2 N–H and O–H groups in total. The Hall–Kier alpha value is -1.43. The molecule has 1 aromatic rings. The minimum absolute atomic E-state index is 0.0311. The summed E-state index contributed by atoms with van der Waals surface area (Å²) in [5, 5.41) is 16.8. The maximum atomic E-state index is 11.8. The van der Waals surface area contributed by atoms with Crippen LogP contribution in [0.5, 0.6) is 0 Å². The second kappa shape index (κ2) is 6.49. The lowest BCUT2D eigenvalue weighted by Gasteiger charge is -2.21. The zero-order valence-corrected chi connectivity index (χ0v) is 10.5. The van der Waals surface area contributed by atoms with E-state index in [0.29, 0.717) is 13.0 Å². The summed E-state index contributed by atoms with van der Waals surface area (Å²) in [7, 11) is 0. The zero-order valence-electron chi connectivity index (χ0n) is 10.5. The molecule has 0 spiro atoms. The molecule has 18 heavy (non-hydrogen) atoms. The van der Waals surface area contributed by atoms with Crippen molar-refractivity contribution in [1.29, 1.82) is 0 Å². The van der Waals surface area contributed by atoms with Crippen molar-refractivity contribution in [2.24, 2.45) is 0 Å². The van der Waals surface area contributed by atoms with Crippen molar-refractivity contribution in [3.63, 3.8) is 0 Å². The number of aryl methyl sites for hydroxylation is 1. The van der Waals surface area contributed by atoms with Crippen molar-refractivity contribution >= 4 is 5.91 Å². The van der Waals surface area contributed by atoms with Crippen LogP contribution in [0.15, 0.2) is 12.7 Å². The van der Waals surface area contributed by atoms with Gasteiger partial charge in [-0.25, -0.2) is 4.98 Å². The molecule has 1 heterocycles. The molecule has 6 heteroatoms. The first-order chi connectivity index (χ1) is 8.75. The standard InChI is InChI=1S/C12H20N4O2/c17-11-5-3-1-2-4-10(11)15-12(18)6-7-16-9-13-8-14-16/h8-11,17H,1-7H2,(H,15,18). The van der Waals surface area contributed by atoms with Gasteiger partial charge in [-0.1, -0.05) is 19.3 Å². The molecule has 1 amide bonds. The molecule has 1 aliphatic carbocycles. The molecule has 1 fully saturated rings. The van der Waals surface area contributed by atoms with Gasteiger partial charge in [0.2, 0.25) is 5.91 Å². The molecule has 2 rings (SSSR count). The average molecular weight is 252 g/mol. The summed E-state index contributed by atoms with van der Waals surface area (Å²) in [6.45, 7) is 0.522. The van der Waals surface area contributed by atoms with Crippen molar-refractivity contribution in [1.82, 2.24) is 20.1 Å². The lowest BCUT2D eigenvalue weighted by Crippen LogP contribution is -2.42. The SMILES string of the molecule is O=C(CCn1cncn1)NC1CCCCCC1O. The first-order valence-corrected chi connectivity index (χ1v) is 6.55. The Morgan fingerprint density at radius 2 is 2.22 bits per heavy atom. The van der Waals surface area contributed by atoms with Gasteiger partial charge in [-0.05, 0) is 12.8 Å². The topological polar surface area (TPSA) is 80.0 Å². The van der Waals surface area contributed by atoms with Gasteiger partial charge < -0.3 is 10.4 Å². The quantitative estimate of drug-likeness (QED) is 0.764. The number of aromatic nitrogens is 3. The smallest absolute Gasteiger partial charge is 0.222 e.